The molecular weight excluding hydrogens is 254 g/mol. The Kier molecular flexibility index (Phi) is 3.09. The first-order valence-corrected chi connectivity index (χ1v) is 6.20. The third-order valence-corrected chi connectivity index (χ3v) is 2.83. The number of aromatic amines is 1. The summed E-state index contributed by atoms with van der Waals surface area (Å²) in [4.78, 5) is 18.2. The summed E-state index contributed by atoms with van der Waals surface area (Å²) in [5.74, 6) is 1.09. The van der Waals surface area contributed by atoms with E-state index in [9.17, 15) is 4.79 Å². The van der Waals surface area contributed by atoms with Crippen LogP contribution in [-0.2, 0) is 4.79 Å². The molecule has 1 aromatic carbocycles. The third-order valence-electron chi connectivity index (χ3n) is 2.83. The highest BCUT2D eigenvalue weighted by molar-refractivity contribution is 5.88. The Morgan fingerprint density at radius 1 is 1.25 bits per heavy atom. The van der Waals surface area contributed by atoms with Gasteiger partial charge in [-0.05, 0) is 24.3 Å². The second-order valence-electron chi connectivity index (χ2n) is 4.36. The van der Waals surface area contributed by atoms with Crippen molar-refractivity contribution in [2.45, 2.75) is 6.92 Å². The second kappa shape index (κ2) is 5.05. The van der Waals surface area contributed by atoms with Gasteiger partial charge in [0.05, 0.1) is 11.9 Å². The monoisotopic (exact) mass is 267 g/mol. The van der Waals surface area contributed by atoms with Gasteiger partial charge in [0.15, 0.2) is 0 Å². The maximum absolute atomic E-state index is 10.9. The summed E-state index contributed by atoms with van der Waals surface area (Å²) >= 11 is 0. The Hall–Kier alpha value is -2.82. The van der Waals surface area contributed by atoms with Crippen LogP contribution in [0.3, 0.4) is 0 Å². The van der Waals surface area contributed by atoms with Crippen molar-refractivity contribution in [2.75, 3.05) is 5.32 Å². The predicted octanol–water partition coefficient (Wildman–Crippen LogP) is 3.31. The summed E-state index contributed by atoms with van der Waals surface area (Å²) in [6.07, 6.45) is 3.43. The number of anilines is 1. The van der Waals surface area contributed by atoms with E-state index in [4.69, 9.17) is 4.74 Å². The highest BCUT2D eigenvalue weighted by Gasteiger charge is 2.05. The number of carbonyl (C=O) groups excluding carboxylic acids is 1. The van der Waals surface area contributed by atoms with Gasteiger partial charge in [0, 0.05) is 30.1 Å². The molecule has 2 heterocycles. The Morgan fingerprint density at radius 3 is 2.90 bits per heavy atom. The molecule has 0 spiro atoms. The van der Waals surface area contributed by atoms with E-state index in [1.54, 1.807) is 18.3 Å². The number of amides is 1. The van der Waals surface area contributed by atoms with Gasteiger partial charge in [-0.25, -0.2) is 4.98 Å². The maximum atomic E-state index is 10.9. The molecule has 20 heavy (non-hydrogen) atoms. The maximum Gasteiger partial charge on any atom is 0.221 e. The highest BCUT2D eigenvalue weighted by Crippen LogP contribution is 2.28. The summed E-state index contributed by atoms with van der Waals surface area (Å²) in [5, 5.41) is 3.66. The van der Waals surface area contributed by atoms with E-state index in [0.717, 1.165) is 16.7 Å². The van der Waals surface area contributed by atoms with Gasteiger partial charge in [-0.1, -0.05) is 6.07 Å². The Bertz CT molecular complexity index is 747. The summed E-state index contributed by atoms with van der Waals surface area (Å²) in [6.45, 7) is 1.46. The smallest absolute Gasteiger partial charge is 0.221 e. The van der Waals surface area contributed by atoms with Crippen LogP contribution in [0.15, 0.2) is 48.8 Å². The van der Waals surface area contributed by atoms with E-state index in [0.29, 0.717) is 11.6 Å². The molecule has 2 aromatic heterocycles. The van der Waals surface area contributed by atoms with E-state index < -0.39 is 0 Å². The fourth-order valence-corrected chi connectivity index (χ4v) is 1.98. The molecule has 0 saturated carbocycles. The van der Waals surface area contributed by atoms with Crippen LogP contribution in [-0.4, -0.2) is 15.9 Å². The number of carbonyl (C=O) groups is 1. The summed E-state index contributed by atoms with van der Waals surface area (Å²) in [7, 11) is 0. The number of ether oxygens (including phenoxy) is 1. The zero-order chi connectivity index (χ0) is 13.9. The van der Waals surface area contributed by atoms with E-state index in [-0.39, 0.29) is 5.91 Å². The van der Waals surface area contributed by atoms with Crippen molar-refractivity contribution in [2.24, 2.45) is 0 Å². The molecular formula is C15H13N3O2. The first-order chi connectivity index (χ1) is 9.72. The molecule has 100 valence electrons. The first-order valence-electron chi connectivity index (χ1n) is 6.20. The topological polar surface area (TPSA) is 67.0 Å². The van der Waals surface area contributed by atoms with Crippen molar-refractivity contribution in [3.63, 3.8) is 0 Å². The number of hydrogen-bond donors (Lipinski definition) is 2. The molecule has 0 bridgehead atoms. The predicted molar refractivity (Wildman–Crippen MR) is 76.9 cm³/mol. The largest absolute Gasteiger partial charge is 0.438 e. The SMILES string of the molecule is CC(=O)Nc1ccc(Oc2cccc3[nH]ccc23)nc1. The Labute approximate surface area is 115 Å². The number of fused-ring (bicyclic) bond motifs is 1. The number of pyridine rings is 1. The van der Waals surface area contributed by atoms with Crippen molar-refractivity contribution >= 4 is 22.5 Å². The lowest BCUT2D eigenvalue weighted by atomic mass is 10.2. The van der Waals surface area contributed by atoms with Crippen LogP contribution in [0.2, 0.25) is 0 Å². The molecule has 0 unspecified atom stereocenters. The van der Waals surface area contributed by atoms with E-state index in [2.05, 4.69) is 15.3 Å². The summed E-state index contributed by atoms with van der Waals surface area (Å²) in [5.41, 5.74) is 1.65. The lowest BCUT2D eigenvalue weighted by Crippen LogP contribution is -2.05. The molecule has 0 fully saturated rings. The average molecular weight is 267 g/mol. The molecule has 0 aliphatic heterocycles. The summed E-state index contributed by atoms with van der Waals surface area (Å²) < 4.78 is 5.77. The minimum atomic E-state index is -0.127. The Morgan fingerprint density at radius 2 is 2.15 bits per heavy atom. The van der Waals surface area contributed by atoms with Crippen molar-refractivity contribution in [3.05, 3.63) is 48.8 Å². The number of nitrogens with one attached hydrogen (secondary N) is 2. The van der Waals surface area contributed by atoms with Gasteiger partial charge >= 0.3 is 0 Å². The molecule has 0 aliphatic carbocycles. The molecule has 3 aromatic rings. The molecule has 0 radical (unpaired) electrons. The van der Waals surface area contributed by atoms with Crippen LogP contribution in [0, 0.1) is 0 Å². The zero-order valence-electron chi connectivity index (χ0n) is 10.9. The average Bonchev–Trinajstić information content (AvgIpc) is 2.90. The third kappa shape index (κ3) is 2.47. The van der Waals surface area contributed by atoms with Gasteiger partial charge in [0.2, 0.25) is 11.8 Å². The molecule has 0 atom stereocenters. The lowest BCUT2D eigenvalue weighted by Gasteiger charge is -2.07. The fourth-order valence-electron chi connectivity index (χ4n) is 1.98. The molecule has 5 heteroatoms. The molecule has 1 amide bonds. The van der Waals surface area contributed by atoms with Gasteiger partial charge < -0.3 is 15.0 Å². The number of aromatic nitrogens is 2. The highest BCUT2D eigenvalue weighted by atomic mass is 16.5. The molecule has 0 saturated heterocycles. The van der Waals surface area contributed by atoms with Gasteiger partial charge in [0.25, 0.3) is 0 Å². The van der Waals surface area contributed by atoms with Gasteiger partial charge in [-0.2, -0.15) is 0 Å². The van der Waals surface area contributed by atoms with Crippen molar-refractivity contribution < 1.29 is 9.53 Å². The number of nitrogens with zero attached hydrogens (tertiary/aromatic N) is 1. The minimum absolute atomic E-state index is 0.127. The van der Waals surface area contributed by atoms with Crippen LogP contribution in [0.1, 0.15) is 6.92 Å². The number of benzene rings is 1. The Balaban J connectivity index is 1.84. The normalized spacial score (nSPS) is 10.4. The van der Waals surface area contributed by atoms with Crippen LogP contribution in [0.25, 0.3) is 10.9 Å². The standard InChI is InChI=1S/C15H13N3O2/c1-10(19)18-11-5-6-15(17-9-11)20-14-4-2-3-13-12(14)7-8-16-13/h2-9,16H,1H3,(H,18,19). The van der Waals surface area contributed by atoms with E-state index >= 15 is 0 Å². The zero-order valence-corrected chi connectivity index (χ0v) is 10.9. The van der Waals surface area contributed by atoms with E-state index in [1.807, 2.05) is 30.5 Å². The molecule has 5 nitrogen and oxygen atoms in total. The molecule has 0 aliphatic rings. The minimum Gasteiger partial charge on any atom is -0.438 e. The van der Waals surface area contributed by atoms with Crippen molar-refractivity contribution in [3.8, 4) is 11.6 Å². The lowest BCUT2D eigenvalue weighted by molar-refractivity contribution is -0.114. The van der Waals surface area contributed by atoms with Crippen molar-refractivity contribution in [1.29, 1.82) is 0 Å². The van der Waals surface area contributed by atoms with Gasteiger partial charge in [-0.15, -0.1) is 0 Å². The van der Waals surface area contributed by atoms with Crippen LogP contribution in [0.4, 0.5) is 5.69 Å². The molecule has 2 N–H and O–H groups in total. The summed E-state index contributed by atoms with van der Waals surface area (Å²) in [6, 6.07) is 11.2. The fraction of sp³-hybridized carbons (Fsp3) is 0.0667. The van der Waals surface area contributed by atoms with Gasteiger partial charge in [0.1, 0.15) is 5.75 Å². The van der Waals surface area contributed by atoms with Crippen LogP contribution in [0.5, 0.6) is 11.6 Å². The van der Waals surface area contributed by atoms with Gasteiger partial charge in [-0.3, -0.25) is 4.79 Å². The van der Waals surface area contributed by atoms with Crippen molar-refractivity contribution in [1.82, 2.24) is 9.97 Å². The van der Waals surface area contributed by atoms with Crippen LogP contribution < -0.4 is 10.1 Å². The van der Waals surface area contributed by atoms with Crippen LogP contribution >= 0.6 is 0 Å². The molecule has 3 rings (SSSR count). The number of hydrogen-bond acceptors (Lipinski definition) is 3. The number of H-pyrrole nitrogens is 1. The van der Waals surface area contributed by atoms with E-state index in [1.165, 1.54) is 6.92 Å². The second-order valence-corrected chi connectivity index (χ2v) is 4.36. The quantitative estimate of drug-likeness (QED) is 0.765. The number of rotatable bonds is 3. The first kappa shape index (κ1) is 12.2.